The van der Waals surface area contributed by atoms with Crippen molar-refractivity contribution in [3.8, 4) is 10.4 Å². The summed E-state index contributed by atoms with van der Waals surface area (Å²) in [6, 6.07) is 13.8. The topological polar surface area (TPSA) is 91.7 Å². The van der Waals surface area contributed by atoms with Crippen LogP contribution in [0.3, 0.4) is 0 Å². The van der Waals surface area contributed by atoms with Gasteiger partial charge in [-0.3, -0.25) is 0 Å². The van der Waals surface area contributed by atoms with Crippen molar-refractivity contribution in [3.63, 3.8) is 0 Å². The lowest BCUT2D eigenvalue weighted by molar-refractivity contribution is 0.0701. The number of aliphatic hydroxyl groups excluding tert-OH is 1. The molecule has 0 aliphatic carbocycles. The van der Waals surface area contributed by atoms with Crippen LogP contribution in [0.4, 0.5) is 0 Å². The molecule has 5 nitrogen and oxygen atoms in total. The van der Waals surface area contributed by atoms with Crippen LogP contribution < -0.4 is 0 Å². The zero-order valence-electron chi connectivity index (χ0n) is 15.5. The summed E-state index contributed by atoms with van der Waals surface area (Å²) in [6.45, 7) is 3.55. The van der Waals surface area contributed by atoms with Gasteiger partial charge in [0.15, 0.2) is 9.84 Å². The number of sulfone groups is 1. The smallest absolute Gasteiger partial charge is 0.346 e. The van der Waals surface area contributed by atoms with Crippen molar-refractivity contribution in [2.24, 2.45) is 0 Å². The highest BCUT2D eigenvalue weighted by Crippen LogP contribution is 2.34. The van der Waals surface area contributed by atoms with Crippen LogP contribution in [0.2, 0.25) is 0 Å². The van der Waals surface area contributed by atoms with Crippen molar-refractivity contribution in [2.75, 3.05) is 0 Å². The lowest BCUT2D eigenvalue weighted by atomic mass is 10.1. The van der Waals surface area contributed by atoms with Crippen molar-refractivity contribution in [1.82, 2.24) is 0 Å². The minimum Gasteiger partial charge on any atom is -0.477 e. The average molecular weight is 417 g/mol. The van der Waals surface area contributed by atoms with Gasteiger partial charge >= 0.3 is 5.97 Å². The fourth-order valence-corrected chi connectivity index (χ4v) is 5.80. The Bertz CT molecular complexity index is 1130. The average Bonchev–Trinajstić information content (AvgIpc) is 3.04. The zero-order valence-corrected chi connectivity index (χ0v) is 17.1. The van der Waals surface area contributed by atoms with Gasteiger partial charge in [0.05, 0.1) is 17.3 Å². The first-order valence-corrected chi connectivity index (χ1v) is 11.0. The molecule has 2 N–H and O–H groups in total. The Hall–Kier alpha value is -2.48. The van der Waals surface area contributed by atoms with Gasteiger partial charge in [-0.1, -0.05) is 42.0 Å². The largest absolute Gasteiger partial charge is 0.477 e. The van der Waals surface area contributed by atoms with Gasteiger partial charge < -0.3 is 10.2 Å². The molecule has 3 aromatic rings. The molecule has 3 rings (SSSR count). The minimum atomic E-state index is -3.69. The van der Waals surface area contributed by atoms with Crippen LogP contribution >= 0.6 is 11.3 Å². The molecule has 0 unspecified atom stereocenters. The standard InChI is InChI=1S/C21H20O5S2/c1-13-3-8-19(14(2)9-13)28(25,26)12-17-10-18(27-20(17)21(23)24)16-6-4-15(11-22)5-7-16/h3-10,22H,11-12H2,1-2H3,(H,23,24). The molecule has 1 heterocycles. The van der Waals surface area contributed by atoms with Crippen LogP contribution in [0.15, 0.2) is 53.4 Å². The number of hydrogen-bond donors (Lipinski definition) is 2. The lowest BCUT2D eigenvalue weighted by Crippen LogP contribution is -2.09. The lowest BCUT2D eigenvalue weighted by Gasteiger charge is -2.08. The third-order valence-corrected chi connectivity index (χ3v) is 7.47. The van der Waals surface area contributed by atoms with Gasteiger partial charge in [-0.2, -0.15) is 0 Å². The van der Waals surface area contributed by atoms with E-state index in [9.17, 15) is 18.3 Å². The predicted octanol–water partition coefficient (Wildman–Crippen LogP) is 4.20. The van der Waals surface area contributed by atoms with Crippen LogP contribution in [0.1, 0.15) is 31.9 Å². The molecule has 0 aliphatic rings. The number of aliphatic hydroxyl groups is 1. The van der Waals surface area contributed by atoms with Crippen LogP contribution in [-0.4, -0.2) is 24.6 Å². The van der Waals surface area contributed by atoms with E-state index in [4.69, 9.17) is 5.11 Å². The minimum absolute atomic E-state index is 0.0228. The van der Waals surface area contributed by atoms with E-state index in [2.05, 4.69) is 0 Å². The first kappa shape index (κ1) is 20.3. The zero-order chi connectivity index (χ0) is 20.5. The maximum Gasteiger partial charge on any atom is 0.346 e. The van der Waals surface area contributed by atoms with E-state index in [1.165, 1.54) is 0 Å². The highest BCUT2D eigenvalue weighted by molar-refractivity contribution is 7.90. The number of carboxylic acid groups (broad SMARTS) is 1. The molecule has 28 heavy (non-hydrogen) atoms. The summed E-state index contributed by atoms with van der Waals surface area (Å²) in [5.41, 5.74) is 3.41. The van der Waals surface area contributed by atoms with E-state index in [1.54, 1.807) is 55.5 Å². The molecular weight excluding hydrogens is 396 g/mol. The summed E-state index contributed by atoms with van der Waals surface area (Å²) in [5.74, 6) is -1.52. The highest BCUT2D eigenvalue weighted by atomic mass is 32.2. The molecule has 2 aromatic carbocycles. The van der Waals surface area contributed by atoms with Crippen molar-refractivity contribution in [2.45, 2.75) is 31.1 Å². The predicted molar refractivity (Wildman–Crippen MR) is 109 cm³/mol. The summed E-state index contributed by atoms with van der Waals surface area (Å²) in [4.78, 5) is 12.6. The molecule has 0 spiro atoms. The maximum absolute atomic E-state index is 12.9. The molecule has 0 radical (unpaired) electrons. The van der Waals surface area contributed by atoms with Crippen LogP contribution in [0, 0.1) is 13.8 Å². The van der Waals surface area contributed by atoms with Gasteiger partial charge in [0.2, 0.25) is 0 Å². The molecule has 0 bridgehead atoms. The first-order chi connectivity index (χ1) is 13.2. The van der Waals surface area contributed by atoms with E-state index >= 15 is 0 Å². The van der Waals surface area contributed by atoms with Crippen LogP contribution in [-0.2, 0) is 22.2 Å². The van der Waals surface area contributed by atoms with Crippen molar-refractivity contribution >= 4 is 27.1 Å². The van der Waals surface area contributed by atoms with Gasteiger partial charge in [-0.15, -0.1) is 11.3 Å². The third kappa shape index (κ3) is 4.16. The Kier molecular flexibility index (Phi) is 5.69. The molecule has 0 aliphatic heterocycles. The fourth-order valence-electron chi connectivity index (χ4n) is 3.06. The second-order valence-corrected chi connectivity index (χ2v) is 9.66. The molecule has 0 saturated heterocycles. The summed E-state index contributed by atoms with van der Waals surface area (Å²) in [5, 5.41) is 18.7. The summed E-state index contributed by atoms with van der Waals surface area (Å²) in [6.07, 6.45) is 0. The number of carboxylic acids is 1. The Morgan fingerprint density at radius 3 is 2.29 bits per heavy atom. The van der Waals surface area contributed by atoms with Crippen LogP contribution in [0.25, 0.3) is 10.4 Å². The third-order valence-electron chi connectivity index (χ3n) is 4.44. The monoisotopic (exact) mass is 416 g/mol. The van der Waals surface area contributed by atoms with E-state index in [0.717, 1.165) is 28.0 Å². The first-order valence-electron chi connectivity index (χ1n) is 8.57. The quantitative estimate of drug-likeness (QED) is 0.628. The normalized spacial score (nSPS) is 11.5. The molecule has 0 atom stereocenters. The molecule has 7 heteroatoms. The van der Waals surface area contributed by atoms with E-state index in [-0.39, 0.29) is 27.7 Å². The maximum atomic E-state index is 12.9. The SMILES string of the molecule is Cc1ccc(S(=O)(=O)Cc2cc(-c3ccc(CO)cc3)sc2C(=O)O)c(C)c1. The Balaban J connectivity index is 2.01. The molecular formula is C21H20O5S2. The van der Waals surface area contributed by atoms with E-state index < -0.39 is 15.8 Å². The van der Waals surface area contributed by atoms with Crippen LogP contribution in [0.5, 0.6) is 0 Å². The molecule has 146 valence electrons. The molecule has 1 aromatic heterocycles. The fraction of sp³-hybridized carbons (Fsp3) is 0.190. The van der Waals surface area contributed by atoms with Gasteiger partial charge in [0.1, 0.15) is 4.88 Å². The second kappa shape index (κ2) is 7.87. The Labute approximate surface area is 167 Å². The number of aryl methyl sites for hydroxylation is 2. The summed E-state index contributed by atoms with van der Waals surface area (Å²) >= 11 is 1.05. The van der Waals surface area contributed by atoms with Gasteiger partial charge in [-0.05, 0) is 48.2 Å². The van der Waals surface area contributed by atoms with Gasteiger partial charge in [0.25, 0.3) is 0 Å². The number of thiophene rings is 1. The number of hydrogen-bond acceptors (Lipinski definition) is 5. The Morgan fingerprint density at radius 2 is 1.71 bits per heavy atom. The summed E-state index contributed by atoms with van der Waals surface area (Å²) in [7, 11) is -3.69. The molecule has 0 fully saturated rings. The van der Waals surface area contributed by atoms with E-state index in [0.29, 0.717) is 10.4 Å². The Morgan fingerprint density at radius 1 is 1.04 bits per heavy atom. The van der Waals surface area contributed by atoms with Crippen molar-refractivity contribution in [3.05, 3.63) is 75.7 Å². The van der Waals surface area contributed by atoms with Gasteiger partial charge in [-0.25, -0.2) is 13.2 Å². The molecule has 0 amide bonds. The number of benzene rings is 2. The number of carbonyl (C=O) groups is 1. The summed E-state index contributed by atoms with van der Waals surface area (Å²) < 4.78 is 25.8. The van der Waals surface area contributed by atoms with Crippen molar-refractivity contribution < 1.29 is 23.4 Å². The van der Waals surface area contributed by atoms with Gasteiger partial charge in [0, 0.05) is 4.88 Å². The van der Waals surface area contributed by atoms with Crippen molar-refractivity contribution in [1.29, 1.82) is 0 Å². The number of rotatable bonds is 6. The highest BCUT2D eigenvalue weighted by Gasteiger charge is 2.24. The molecule has 0 saturated carbocycles. The van der Waals surface area contributed by atoms with E-state index in [1.807, 2.05) is 6.92 Å². The second-order valence-electron chi connectivity index (χ2n) is 6.65. The number of aromatic carboxylic acids is 1.